The van der Waals surface area contributed by atoms with Crippen LogP contribution in [-0.2, 0) is 9.53 Å². The van der Waals surface area contributed by atoms with Crippen LogP contribution in [0.2, 0.25) is 0 Å². The largest absolute Gasteiger partial charge is 0.469 e. The molecule has 2 unspecified atom stereocenters. The Morgan fingerprint density at radius 1 is 1.27 bits per heavy atom. The molecule has 3 heteroatoms. The molecule has 0 rings (SSSR count). The quantitative estimate of drug-likeness (QED) is 0.689. The lowest BCUT2D eigenvalue weighted by atomic mass is 9.84. The van der Waals surface area contributed by atoms with Gasteiger partial charge in [0.15, 0.2) is 0 Å². The van der Waals surface area contributed by atoms with E-state index in [0.717, 1.165) is 6.42 Å². The maximum Gasteiger partial charge on any atom is 0.310 e. The number of carbonyl (C=O) groups excluding carboxylic acids is 1. The summed E-state index contributed by atoms with van der Waals surface area (Å²) in [7, 11) is 3.37. The number of carbonyl (C=O) groups is 1. The first-order valence-electron chi connectivity index (χ1n) is 5.69. The van der Waals surface area contributed by atoms with E-state index in [0.29, 0.717) is 11.8 Å². The molecule has 0 saturated carbocycles. The number of ether oxygens (including phenoxy) is 1. The van der Waals surface area contributed by atoms with Crippen molar-refractivity contribution < 1.29 is 9.53 Å². The second kappa shape index (κ2) is 6.83. The molecule has 0 saturated heterocycles. The van der Waals surface area contributed by atoms with Gasteiger partial charge in [-0.3, -0.25) is 4.79 Å². The zero-order chi connectivity index (χ0) is 12.0. The van der Waals surface area contributed by atoms with Crippen LogP contribution in [0.4, 0.5) is 0 Å². The van der Waals surface area contributed by atoms with Crippen LogP contribution in [-0.4, -0.2) is 26.2 Å². The third-order valence-corrected chi connectivity index (χ3v) is 2.72. The van der Waals surface area contributed by atoms with Crippen molar-refractivity contribution in [1.29, 1.82) is 0 Å². The number of hydrogen-bond acceptors (Lipinski definition) is 3. The van der Waals surface area contributed by atoms with Gasteiger partial charge in [-0.2, -0.15) is 0 Å². The molecule has 90 valence electrons. The highest BCUT2D eigenvalue weighted by atomic mass is 16.5. The number of methoxy groups -OCH3 is 1. The lowest BCUT2D eigenvalue weighted by molar-refractivity contribution is -0.148. The summed E-state index contributed by atoms with van der Waals surface area (Å²) in [6, 6.07) is 0.206. The number of hydrogen-bond donors (Lipinski definition) is 1. The highest BCUT2D eigenvalue weighted by molar-refractivity contribution is 5.73. The lowest BCUT2D eigenvalue weighted by Gasteiger charge is -2.29. The fourth-order valence-corrected chi connectivity index (χ4v) is 1.99. The number of rotatable bonds is 6. The maximum atomic E-state index is 11.7. The van der Waals surface area contributed by atoms with Gasteiger partial charge in [0.05, 0.1) is 13.0 Å². The van der Waals surface area contributed by atoms with Crippen LogP contribution >= 0.6 is 0 Å². The molecule has 1 N–H and O–H groups in total. The highest BCUT2D eigenvalue weighted by Gasteiger charge is 2.31. The van der Waals surface area contributed by atoms with Crippen molar-refractivity contribution >= 4 is 5.97 Å². The summed E-state index contributed by atoms with van der Waals surface area (Å²) in [6.45, 7) is 8.45. The van der Waals surface area contributed by atoms with E-state index in [9.17, 15) is 4.79 Å². The molecule has 0 aliphatic rings. The van der Waals surface area contributed by atoms with Crippen LogP contribution in [0, 0.1) is 17.8 Å². The molecule has 0 aliphatic heterocycles. The minimum Gasteiger partial charge on any atom is -0.469 e. The highest BCUT2D eigenvalue weighted by Crippen LogP contribution is 2.21. The predicted molar refractivity (Wildman–Crippen MR) is 62.6 cm³/mol. The molecule has 0 bridgehead atoms. The van der Waals surface area contributed by atoms with Crippen molar-refractivity contribution in [3.05, 3.63) is 0 Å². The van der Waals surface area contributed by atoms with E-state index in [1.54, 1.807) is 0 Å². The second-order valence-corrected chi connectivity index (χ2v) is 4.82. The molecular formula is C12H25NO2. The van der Waals surface area contributed by atoms with Gasteiger partial charge in [0.25, 0.3) is 0 Å². The van der Waals surface area contributed by atoms with Crippen LogP contribution in [0.1, 0.15) is 34.1 Å². The first-order valence-corrected chi connectivity index (χ1v) is 5.69. The average Bonchev–Trinajstić information content (AvgIpc) is 2.15. The van der Waals surface area contributed by atoms with Gasteiger partial charge >= 0.3 is 5.97 Å². The predicted octanol–water partition coefficient (Wildman–Crippen LogP) is 2.07. The summed E-state index contributed by atoms with van der Waals surface area (Å²) in [5.74, 6) is 0.717. The Kier molecular flexibility index (Phi) is 6.57. The van der Waals surface area contributed by atoms with Crippen LogP contribution in [0.3, 0.4) is 0 Å². The fourth-order valence-electron chi connectivity index (χ4n) is 1.99. The van der Waals surface area contributed by atoms with E-state index in [2.05, 4.69) is 33.0 Å². The van der Waals surface area contributed by atoms with Gasteiger partial charge in [-0.15, -0.1) is 0 Å². The van der Waals surface area contributed by atoms with Crippen LogP contribution in [0.25, 0.3) is 0 Å². The van der Waals surface area contributed by atoms with Gasteiger partial charge in [0.1, 0.15) is 0 Å². The van der Waals surface area contributed by atoms with Crippen LogP contribution in [0.5, 0.6) is 0 Å². The zero-order valence-electron chi connectivity index (χ0n) is 10.8. The second-order valence-electron chi connectivity index (χ2n) is 4.82. The third-order valence-electron chi connectivity index (χ3n) is 2.72. The molecule has 0 aromatic heterocycles. The molecular weight excluding hydrogens is 190 g/mol. The number of nitrogens with one attached hydrogen (secondary N) is 1. The summed E-state index contributed by atoms with van der Waals surface area (Å²) < 4.78 is 4.86. The molecule has 0 fully saturated rings. The summed E-state index contributed by atoms with van der Waals surface area (Å²) in [5, 5.41) is 3.23. The minimum atomic E-state index is -0.106. The summed E-state index contributed by atoms with van der Waals surface area (Å²) >= 11 is 0. The van der Waals surface area contributed by atoms with Gasteiger partial charge in [-0.05, 0) is 25.3 Å². The molecule has 0 aliphatic carbocycles. The van der Waals surface area contributed by atoms with Crippen molar-refractivity contribution in [3.63, 3.8) is 0 Å². The Hall–Kier alpha value is -0.570. The smallest absolute Gasteiger partial charge is 0.310 e. The van der Waals surface area contributed by atoms with Gasteiger partial charge in [0, 0.05) is 6.04 Å². The monoisotopic (exact) mass is 215 g/mol. The molecule has 0 amide bonds. The summed E-state index contributed by atoms with van der Waals surface area (Å²) in [5.41, 5.74) is 0. The third kappa shape index (κ3) is 4.65. The molecule has 0 aromatic rings. The van der Waals surface area contributed by atoms with E-state index in [4.69, 9.17) is 4.74 Å². The van der Waals surface area contributed by atoms with Crippen LogP contribution in [0.15, 0.2) is 0 Å². The van der Waals surface area contributed by atoms with Gasteiger partial charge in [-0.25, -0.2) is 0 Å². The van der Waals surface area contributed by atoms with Crippen molar-refractivity contribution in [2.75, 3.05) is 14.2 Å². The molecule has 0 aromatic carbocycles. The fraction of sp³-hybridized carbons (Fsp3) is 0.917. The first kappa shape index (κ1) is 14.4. The summed E-state index contributed by atoms with van der Waals surface area (Å²) in [6.07, 6.45) is 0.994. The van der Waals surface area contributed by atoms with Crippen molar-refractivity contribution in [2.45, 2.75) is 40.2 Å². The molecule has 0 heterocycles. The molecule has 2 atom stereocenters. The molecule has 0 radical (unpaired) electrons. The Morgan fingerprint density at radius 2 is 1.80 bits per heavy atom. The Bertz CT molecular complexity index is 190. The van der Waals surface area contributed by atoms with E-state index < -0.39 is 0 Å². The van der Waals surface area contributed by atoms with E-state index >= 15 is 0 Å². The van der Waals surface area contributed by atoms with Gasteiger partial charge < -0.3 is 10.1 Å². The van der Waals surface area contributed by atoms with E-state index in [1.807, 2.05) is 7.05 Å². The Labute approximate surface area is 93.6 Å². The zero-order valence-corrected chi connectivity index (χ0v) is 10.8. The van der Waals surface area contributed by atoms with Crippen LogP contribution < -0.4 is 5.32 Å². The van der Waals surface area contributed by atoms with Crippen molar-refractivity contribution in [1.82, 2.24) is 5.32 Å². The Morgan fingerprint density at radius 3 is 2.07 bits per heavy atom. The molecule has 0 spiro atoms. The lowest BCUT2D eigenvalue weighted by Crippen LogP contribution is -2.42. The molecule has 15 heavy (non-hydrogen) atoms. The van der Waals surface area contributed by atoms with Crippen molar-refractivity contribution in [3.8, 4) is 0 Å². The average molecular weight is 215 g/mol. The molecule has 3 nitrogen and oxygen atoms in total. The van der Waals surface area contributed by atoms with E-state index in [-0.39, 0.29) is 17.9 Å². The number of esters is 1. The SMILES string of the molecule is CNC(CC(C)C)C(C(=O)OC)C(C)C. The standard InChI is InChI=1S/C12H25NO2/c1-8(2)7-10(13-5)11(9(3)4)12(14)15-6/h8-11,13H,7H2,1-6H3. The normalized spacial score (nSPS) is 15.5. The maximum absolute atomic E-state index is 11.7. The Balaban J connectivity index is 4.62. The van der Waals surface area contributed by atoms with Gasteiger partial charge in [-0.1, -0.05) is 27.7 Å². The summed E-state index contributed by atoms with van der Waals surface area (Å²) in [4.78, 5) is 11.7. The van der Waals surface area contributed by atoms with E-state index in [1.165, 1.54) is 7.11 Å². The van der Waals surface area contributed by atoms with Gasteiger partial charge in [0.2, 0.25) is 0 Å². The van der Waals surface area contributed by atoms with Crippen molar-refractivity contribution in [2.24, 2.45) is 17.8 Å². The first-order chi connectivity index (χ1) is 6.93. The topological polar surface area (TPSA) is 38.3 Å². The minimum absolute atomic E-state index is 0.0533.